The van der Waals surface area contributed by atoms with Crippen molar-refractivity contribution in [1.82, 2.24) is 9.88 Å². The Bertz CT molecular complexity index is 798. The number of nitrogens with zero attached hydrogens (tertiary/aromatic N) is 1. The molecule has 1 aromatic heterocycles. The minimum Gasteiger partial charge on any atom is -0.373 e. The van der Waals surface area contributed by atoms with Crippen LogP contribution in [0.5, 0.6) is 0 Å². The molecule has 3 rings (SSSR count). The zero-order valence-electron chi connectivity index (χ0n) is 14.5. The van der Waals surface area contributed by atoms with Gasteiger partial charge in [0.1, 0.15) is 0 Å². The average Bonchev–Trinajstić information content (AvgIpc) is 2.63. The number of rotatable bonds is 6. The number of benzene rings is 1. The summed E-state index contributed by atoms with van der Waals surface area (Å²) in [5.41, 5.74) is 2.90. The van der Waals surface area contributed by atoms with Crippen LogP contribution >= 0.6 is 0 Å². The maximum Gasteiger partial charge on any atom is 0.251 e. The Hall–Kier alpha value is -2.40. The van der Waals surface area contributed by atoms with Crippen LogP contribution in [0.4, 0.5) is 0 Å². The van der Waals surface area contributed by atoms with Gasteiger partial charge in [0.25, 0.3) is 11.5 Å². The molecule has 132 valence electrons. The smallest absolute Gasteiger partial charge is 0.251 e. The first-order valence-electron chi connectivity index (χ1n) is 8.79. The van der Waals surface area contributed by atoms with Gasteiger partial charge in [0, 0.05) is 38.0 Å². The van der Waals surface area contributed by atoms with E-state index in [-0.39, 0.29) is 17.6 Å². The summed E-state index contributed by atoms with van der Waals surface area (Å²) >= 11 is 0. The van der Waals surface area contributed by atoms with Gasteiger partial charge in [-0.25, -0.2) is 0 Å². The summed E-state index contributed by atoms with van der Waals surface area (Å²) in [5, 5.41) is 2.84. The number of amides is 1. The molecule has 1 amide bonds. The zero-order valence-corrected chi connectivity index (χ0v) is 14.5. The summed E-state index contributed by atoms with van der Waals surface area (Å²) in [4.78, 5) is 23.6. The molecule has 0 aliphatic heterocycles. The molecule has 2 aromatic rings. The van der Waals surface area contributed by atoms with Gasteiger partial charge in [-0.2, -0.15) is 0 Å². The van der Waals surface area contributed by atoms with Crippen molar-refractivity contribution in [1.29, 1.82) is 0 Å². The third kappa shape index (κ3) is 4.37. The molecule has 25 heavy (non-hydrogen) atoms. The van der Waals surface area contributed by atoms with E-state index in [9.17, 15) is 9.59 Å². The predicted octanol–water partition coefficient (Wildman–Crippen LogP) is 2.60. The molecule has 1 heterocycles. The fraction of sp³-hybridized carbons (Fsp3) is 0.400. The van der Waals surface area contributed by atoms with Crippen LogP contribution in [0.25, 0.3) is 0 Å². The molecular weight excluding hydrogens is 316 g/mol. The molecule has 5 nitrogen and oxygen atoms in total. The SMILES string of the molecule is Cn1ccc(C(=O)NCCCO[C@H]2CCCc3ccccc32)cc1=O. The van der Waals surface area contributed by atoms with Gasteiger partial charge >= 0.3 is 0 Å². The van der Waals surface area contributed by atoms with Crippen LogP contribution in [0.1, 0.15) is 46.9 Å². The van der Waals surface area contributed by atoms with E-state index in [0.717, 1.165) is 25.7 Å². The van der Waals surface area contributed by atoms with Crippen LogP contribution in [0, 0.1) is 0 Å². The summed E-state index contributed by atoms with van der Waals surface area (Å²) < 4.78 is 7.46. The Labute approximate surface area is 147 Å². The highest BCUT2D eigenvalue weighted by molar-refractivity contribution is 5.93. The number of hydrogen-bond donors (Lipinski definition) is 1. The van der Waals surface area contributed by atoms with Gasteiger partial charge in [-0.3, -0.25) is 9.59 Å². The number of aryl methyl sites for hydroxylation is 2. The maximum absolute atomic E-state index is 12.0. The van der Waals surface area contributed by atoms with E-state index < -0.39 is 0 Å². The average molecular weight is 340 g/mol. The fourth-order valence-electron chi connectivity index (χ4n) is 3.17. The lowest BCUT2D eigenvalue weighted by Crippen LogP contribution is -2.27. The summed E-state index contributed by atoms with van der Waals surface area (Å²) in [5.74, 6) is -0.222. The Kier molecular flexibility index (Phi) is 5.66. The minimum atomic E-state index is -0.222. The van der Waals surface area contributed by atoms with E-state index in [1.807, 2.05) is 0 Å². The highest BCUT2D eigenvalue weighted by Gasteiger charge is 2.19. The molecule has 0 spiro atoms. The summed E-state index contributed by atoms with van der Waals surface area (Å²) in [6.45, 7) is 1.14. The molecule has 0 bridgehead atoms. The van der Waals surface area contributed by atoms with Gasteiger partial charge < -0.3 is 14.6 Å². The third-order valence-electron chi connectivity index (χ3n) is 4.61. The van der Waals surface area contributed by atoms with Crippen LogP contribution in [0.2, 0.25) is 0 Å². The van der Waals surface area contributed by atoms with Crippen molar-refractivity contribution in [3.8, 4) is 0 Å². The quantitative estimate of drug-likeness (QED) is 0.822. The Morgan fingerprint density at radius 2 is 2.16 bits per heavy atom. The van der Waals surface area contributed by atoms with E-state index in [1.54, 1.807) is 19.3 Å². The molecule has 1 N–H and O–H groups in total. The summed E-state index contributed by atoms with van der Waals surface area (Å²) in [7, 11) is 1.66. The monoisotopic (exact) mass is 340 g/mol. The second kappa shape index (κ2) is 8.12. The van der Waals surface area contributed by atoms with Gasteiger partial charge in [0.05, 0.1) is 6.10 Å². The molecule has 1 aliphatic rings. The maximum atomic E-state index is 12.0. The van der Waals surface area contributed by atoms with Crippen molar-refractivity contribution in [3.63, 3.8) is 0 Å². The highest BCUT2D eigenvalue weighted by Crippen LogP contribution is 2.32. The lowest BCUT2D eigenvalue weighted by Gasteiger charge is -2.25. The Morgan fingerprint density at radius 3 is 3.00 bits per heavy atom. The molecule has 1 aromatic carbocycles. The van der Waals surface area contributed by atoms with Gasteiger partial charge in [-0.1, -0.05) is 24.3 Å². The number of fused-ring (bicyclic) bond motifs is 1. The van der Waals surface area contributed by atoms with Crippen LogP contribution < -0.4 is 10.9 Å². The number of carbonyl (C=O) groups excluding carboxylic acids is 1. The molecule has 0 saturated carbocycles. The largest absolute Gasteiger partial charge is 0.373 e. The van der Waals surface area contributed by atoms with Crippen molar-refractivity contribution in [2.45, 2.75) is 31.8 Å². The van der Waals surface area contributed by atoms with Gasteiger partial charge in [-0.15, -0.1) is 0 Å². The number of aromatic nitrogens is 1. The van der Waals surface area contributed by atoms with E-state index in [0.29, 0.717) is 18.7 Å². The molecular formula is C20H24N2O3. The summed E-state index contributed by atoms with van der Waals surface area (Å²) in [6, 6.07) is 11.5. The summed E-state index contributed by atoms with van der Waals surface area (Å²) in [6.07, 6.45) is 5.84. The molecule has 0 fully saturated rings. The van der Waals surface area contributed by atoms with Crippen molar-refractivity contribution < 1.29 is 9.53 Å². The van der Waals surface area contributed by atoms with Gasteiger partial charge in [-0.05, 0) is 42.9 Å². The van der Waals surface area contributed by atoms with Crippen molar-refractivity contribution >= 4 is 5.91 Å². The molecule has 0 unspecified atom stereocenters. The zero-order chi connectivity index (χ0) is 17.6. The van der Waals surface area contributed by atoms with E-state index in [2.05, 4.69) is 29.6 Å². The predicted molar refractivity (Wildman–Crippen MR) is 96.7 cm³/mol. The van der Waals surface area contributed by atoms with E-state index in [1.165, 1.54) is 21.8 Å². The number of carbonyl (C=O) groups is 1. The number of hydrogen-bond acceptors (Lipinski definition) is 3. The Balaban J connectivity index is 1.43. The van der Waals surface area contributed by atoms with Gasteiger partial charge in [0.2, 0.25) is 0 Å². The Morgan fingerprint density at radius 1 is 1.32 bits per heavy atom. The van der Waals surface area contributed by atoms with E-state index >= 15 is 0 Å². The van der Waals surface area contributed by atoms with Crippen LogP contribution in [0.15, 0.2) is 47.4 Å². The van der Waals surface area contributed by atoms with Crippen LogP contribution in [0.3, 0.4) is 0 Å². The van der Waals surface area contributed by atoms with Crippen LogP contribution in [-0.2, 0) is 18.2 Å². The second-order valence-corrected chi connectivity index (χ2v) is 6.42. The fourth-order valence-corrected chi connectivity index (χ4v) is 3.17. The molecule has 0 radical (unpaired) electrons. The first kappa shape index (κ1) is 17.4. The highest BCUT2D eigenvalue weighted by atomic mass is 16.5. The van der Waals surface area contributed by atoms with Gasteiger partial charge in [0.15, 0.2) is 0 Å². The second-order valence-electron chi connectivity index (χ2n) is 6.42. The van der Waals surface area contributed by atoms with E-state index in [4.69, 9.17) is 4.74 Å². The first-order valence-corrected chi connectivity index (χ1v) is 8.79. The van der Waals surface area contributed by atoms with Crippen LogP contribution in [-0.4, -0.2) is 23.6 Å². The standard InChI is InChI=1S/C20H24N2O3/c1-22-12-10-16(14-19(22)23)20(24)21-11-5-13-25-18-9-4-7-15-6-2-3-8-17(15)18/h2-3,6,8,10,12,14,18H,4-5,7,9,11,13H2,1H3,(H,21,24)/t18-/m0/s1. The first-order chi connectivity index (χ1) is 12.1. The minimum absolute atomic E-state index is 0.165. The number of nitrogens with one attached hydrogen (secondary N) is 1. The molecule has 0 saturated heterocycles. The van der Waals surface area contributed by atoms with Crippen molar-refractivity contribution in [2.75, 3.05) is 13.2 Å². The third-order valence-corrected chi connectivity index (χ3v) is 4.61. The topological polar surface area (TPSA) is 60.3 Å². The number of ether oxygens (including phenoxy) is 1. The lowest BCUT2D eigenvalue weighted by molar-refractivity contribution is 0.0393. The van der Waals surface area contributed by atoms with Crippen molar-refractivity contribution in [3.05, 3.63) is 69.6 Å². The molecule has 5 heteroatoms. The lowest BCUT2D eigenvalue weighted by atomic mass is 9.89. The molecule has 1 atom stereocenters. The number of pyridine rings is 1. The van der Waals surface area contributed by atoms with Crippen molar-refractivity contribution in [2.24, 2.45) is 7.05 Å². The normalized spacial score (nSPS) is 16.3. The molecule has 1 aliphatic carbocycles.